The molecule has 0 bridgehead atoms. The minimum absolute atomic E-state index is 0.242. The van der Waals surface area contributed by atoms with Crippen LogP contribution < -0.4 is 5.32 Å². The number of hydrogen-bond donors (Lipinski definition) is 1. The summed E-state index contributed by atoms with van der Waals surface area (Å²) >= 11 is 1.22. The molecular formula is C7H10F3N3OS. The van der Waals surface area contributed by atoms with Crippen LogP contribution >= 0.6 is 11.8 Å². The van der Waals surface area contributed by atoms with Gasteiger partial charge in [0.2, 0.25) is 5.89 Å². The molecule has 0 amide bonds. The number of thioether (sulfide) groups is 1. The predicted octanol–water partition coefficient (Wildman–Crippen LogP) is 1.62. The highest BCUT2D eigenvalue weighted by molar-refractivity contribution is 7.99. The molecule has 1 heterocycles. The van der Waals surface area contributed by atoms with Crippen molar-refractivity contribution in [1.29, 1.82) is 0 Å². The van der Waals surface area contributed by atoms with E-state index in [0.29, 0.717) is 16.9 Å². The van der Waals surface area contributed by atoms with E-state index < -0.39 is 12.7 Å². The number of hydrogen-bond acceptors (Lipinski definition) is 5. The van der Waals surface area contributed by atoms with Crippen molar-refractivity contribution < 1.29 is 17.6 Å². The maximum Gasteiger partial charge on any atom is 0.401 e. The topological polar surface area (TPSA) is 51.0 Å². The monoisotopic (exact) mass is 241 g/mol. The number of nitrogens with one attached hydrogen (secondary N) is 1. The van der Waals surface area contributed by atoms with Crippen LogP contribution in [0, 0.1) is 6.92 Å². The van der Waals surface area contributed by atoms with E-state index in [1.54, 1.807) is 6.92 Å². The molecular weight excluding hydrogens is 231 g/mol. The second-order valence-corrected chi connectivity index (χ2v) is 3.77. The second kappa shape index (κ2) is 5.36. The van der Waals surface area contributed by atoms with Crippen LogP contribution in [-0.4, -0.2) is 35.2 Å². The summed E-state index contributed by atoms with van der Waals surface area (Å²) in [4.78, 5) is 0. The molecule has 1 N–H and O–H groups in total. The molecule has 4 nitrogen and oxygen atoms in total. The third-order valence-electron chi connectivity index (χ3n) is 1.34. The first-order valence-electron chi connectivity index (χ1n) is 4.18. The van der Waals surface area contributed by atoms with Crippen LogP contribution in [0.2, 0.25) is 0 Å². The summed E-state index contributed by atoms with van der Waals surface area (Å²) in [5.74, 6) is 0.901. The van der Waals surface area contributed by atoms with Gasteiger partial charge in [0, 0.05) is 19.2 Å². The van der Waals surface area contributed by atoms with Crippen molar-refractivity contribution >= 4 is 11.8 Å². The standard InChI is InChI=1S/C7H10F3N3OS/c1-5-12-13-6(14-5)15-3-2-11-4-7(8,9)10/h11H,2-4H2,1H3. The lowest BCUT2D eigenvalue weighted by atomic mass is 10.6. The van der Waals surface area contributed by atoms with E-state index >= 15 is 0 Å². The molecule has 0 saturated carbocycles. The fraction of sp³-hybridized carbons (Fsp3) is 0.714. The number of aryl methyl sites for hydroxylation is 1. The maximum absolute atomic E-state index is 11.7. The van der Waals surface area contributed by atoms with E-state index in [1.807, 2.05) is 0 Å². The molecule has 8 heteroatoms. The maximum atomic E-state index is 11.7. The van der Waals surface area contributed by atoms with Gasteiger partial charge in [-0.2, -0.15) is 13.2 Å². The van der Waals surface area contributed by atoms with E-state index in [0.717, 1.165) is 0 Å². The fourth-order valence-corrected chi connectivity index (χ4v) is 1.48. The largest absolute Gasteiger partial charge is 0.416 e. The van der Waals surface area contributed by atoms with E-state index in [-0.39, 0.29) is 6.54 Å². The Kier molecular flexibility index (Phi) is 4.40. The Morgan fingerprint density at radius 1 is 1.40 bits per heavy atom. The Bertz CT molecular complexity index is 302. The molecule has 1 aromatic heterocycles. The van der Waals surface area contributed by atoms with E-state index in [2.05, 4.69) is 15.5 Å². The predicted molar refractivity (Wildman–Crippen MR) is 48.7 cm³/mol. The van der Waals surface area contributed by atoms with Crippen LogP contribution in [0.4, 0.5) is 13.2 Å². The summed E-state index contributed by atoms with van der Waals surface area (Å²) in [5.41, 5.74) is 0. The van der Waals surface area contributed by atoms with Gasteiger partial charge in [-0.3, -0.25) is 0 Å². The molecule has 0 radical (unpaired) electrons. The summed E-state index contributed by atoms with van der Waals surface area (Å²) < 4.78 is 40.1. The van der Waals surface area contributed by atoms with Gasteiger partial charge in [0.1, 0.15) is 0 Å². The molecule has 0 spiro atoms. The average molecular weight is 241 g/mol. The third-order valence-corrected chi connectivity index (χ3v) is 2.16. The van der Waals surface area contributed by atoms with Crippen molar-refractivity contribution in [2.24, 2.45) is 0 Å². The molecule has 1 aromatic rings. The van der Waals surface area contributed by atoms with Gasteiger partial charge in [-0.05, 0) is 0 Å². The van der Waals surface area contributed by atoms with Crippen LogP contribution in [0.3, 0.4) is 0 Å². The van der Waals surface area contributed by atoms with Crippen LogP contribution in [0.1, 0.15) is 5.89 Å². The van der Waals surface area contributed by atoms with Crippen LogP contribution in [0.15, 0.2) is 9.64 Å². The highest BCUT2D eigenvalue weighted by atomic mass is 32.2. The van der Waals surface area contributed by atoms with Gasteiger partial charge in [-0.1, -0.05) is 11.8 Å². The van der Waals surface area contributed by atoms with Crippen molar-refractivity contribution in [3.05, 3.63) is 5.89 Å². The minimum atomic E-state index is -4.16. The van der Waals surface area contributed by atoms with Gasteiger partial charge < -0.3 is 9.73 Å². The van der Waals surface area contributed by atoms with Crippen molar-refractivity contribution in [3.8, 4) is 0 Å². The first-order chi connectivity index (χ1) is 6.97. The number of aromatic nitrogens is 2. The van der Waals surface area contributed by atoms with Crippen LogP contribution in [0.5, 0.6) is 0 Å². The summed E-state index contributed by atoms with van der Waals surface area (Å²) in [6, 6.07) is 0. The highest BCUT2D eigenvalue weighted by Gasteiger charge is 2.25. The van der Waals surface area contributed by atoms with Gasteiger partial charge in [0.05, 0.1) is 6.54 Å². The molecule has 0 aromatic carbocycles. The molecule has 0 unspecified atom stereocenters. The Labute approximate surface area is 88.6 Å². The number of alkyl halides is 3. The molecule has 15 heavy (non-hydrogen) atoms. The van der Waals surface area contributed by atoms with Gasteiger partial charge >= 0.3 is 6.18 Å². The molecule has 0 fully saturated rings. The normalized spacial score (nSPS) is 12.0. The lowest BCUT2D eigenvalue weighted by Crippen LogP contribution is -2.30. The Hall–Kier alpha value is -0.760. The SMILES string of the molecule is Cc1nnc(SCCNCC(F)(F)F)o1. The smallest absolute Gasteiger partial charge is 0.401 e. The lowest BCUT2D eigenvalue weighted by Gasteiger charge is -2.06. The van der Waals surface area contributed by atoms with Gasteiger partial charge in [0.25, 0.3) is 5.22 Å². The Balaban J connectivity index is 2.07. The molecule has 1 rings (SSSR count). The number of rotatable bonds is 5. The van der Waals surface area contributed by atoms with Crippen molar-refractivity contribution in [2.45, 2.75) is 18.3 Å². The zero-order valence-corrected chi connectivity index (χ0v) is 8.78. The minimum Gasteiger partial charge on any atom is -0.416 e. The van der Waals surface area contributed by atoms with E-state index in [9.17, 15) is 13.2 Å². The van der Waals surface area contributed by atoms with Crippen molar-refractivity contribution in [2.75, 3.05) is 18.8 Å². The summed E-state index contributed by atoms with van der Waals surface area (Å²) in [5, 5.41) is 9.92. The van der Waals surface area contributed by atoms with Crippen LogP contribution in [0.25, 0.3) is 0 Å². The first-order valence-corrected chi connectivity index (χ1v) is 5.16. The molecule has 0 atom stereocenters. The Morgan fingerprint density at radius 2 is 2.13 bits per heavy atom. The zero-order chi connectivity index (χ0) is 11.3. The molecule has 0 aliphatic carbocycles. The third kappa shape index (κ3) is 5.63. The lowest BCUT2D eigenvalue weighted by molar-refractivity contribution is -0.124. The molecule has 0 aliphatic rings. The highest BCUT2D eigenvalue weighted by Crippen LogP contribution is 2.15. The van der Waals surface area contributed by atoms with Gasteiger partial charge in [-0.15, -0.1) is 10.2 Å². The van der Waals surface area contributed by atoms with E-state index in [4.69, 9.17) is 4.42 Å². The van der Waals surface area contributed by atoms with Gasteiger partial charge in [0.15, 0.2) is 0 Å². The summed E-state index contributed by atoms with van der Waals surface area (Å²) in [7, 11) is 0. The van der Waals surface area contributed by atoms with Gasteiger partial charge in [-0.25, -0.2) is 0 Å². The molecule has 0 aliphatic heterocycles. The number of nitrogens with zero attached hydrogens (tertiary/aromatic N) is 2. The van der Waals surface area contributed by atoms with Crippen molar-refractivity contribution in [1.82, 2.24) is 15.5 Å². The molecule has 86 valence electrons. The summed E-state index contributed by atoms with van der Waals surface area (Å²) in [6.45, 7) is 0.918. The second-order valence-electron chi connectivity index (χ2n) is 2.73. The average Bonchev–Trinajstić information content (AvgIpc) is 2.49. The number of halogens is 3. The quantitative estimate of drug-likeness (QED) is 0.627. The Morgan fingerprint density at radius 3 is 2.67 bits per heavy atom. The van der Waals surface area contributed by atoms with E-state index in [1.165, 1.54) is 11.8 Å². The zero-order valence-electron chi connectivity index (χ0n) is 7.97. The first kappa shape index (κ1) is 12.3. The fourth-order valence-electron chi connectivity index (χ4n) is 0.777. The van der Waals surface area contributed by atoms with Crippen molar-refractivity contribution in [3.63, 3.8) is 0 Å². The van der Waals surface area contributed by atoms with Crippen LogP contribution in [-0.2, 0) is 0 Å². The molecule has 0 saturated heterocycles. The summed E-state index contributed by atoms with van der Waals surface area (Å²) in [6.07, 6.45) is -4.16.